The molecule has 1 aromatic carbocycles. The molecule has 1 saturated carbocycles. The van der Waals surface area contributed by atoms with Gasteiger partial charge in [0.25, 0.3) is 0 Å². The molecule has 6 heteroatoms. The third kappa shape index (κ3) is 6.31. The number of benzene rings is 1. The summed E-state index contributed by atoms with van der Waals surface area (Å²) in [7, 11) is 1.40. The average Bonchev–Trinajstić information content (AvgIpc) is 3.13. The molecule has 156 valence electrons. The quantitative estimate of drug-likeness (QED) is 0.472. The lowest BCUT2D eigenvalue weighted by Crippen LogP contribution is -2.40. The van der Waals surface area contributed by atoms with Gasteiger partial charge in [-0.15, -0.1) is 11.3 Å². The first kappa shape index (κ1) is 21.8. The van der Waals surface area contributed by atoms with E-state index < -0.39 is 0 Å². The van der Waals surface area contributed by atoms with E-state index in [1.807, 2.05) is 35.2 Å². The van der Waals surface area contributed by atoms with E-state index >= 15 is 0 Å². The molecule has 0 radical (unpaired) electrons. The van der Waals surface area contributed by atoms with Gasteiger partial charge in [-0.05, 0) is 68.4 Å². The van der Waals surface area contributed by atoms with Gasteiger partial charge in [-0.1, -0.05) is 30.2 Å². The molecular weight excluding hydrogens is 406 g/mol. The van der Waals surface area contributed by atoms with E-state index in [9.17, 15) is 9.59 Å². The van der Waals surface area contributed by atoms with E-state index in [-0.39, 0.29) is 11.9 Å². The van der Waals surface area contributed by atoms with E-state index in [2.05, 4.69) is 6.07 Å². The Hall–Kier alpha value is -1.85. The molecule has 29 heavy (non-hydrogen) atoms. The molecule has 1 fully saturated rings. The van der Waals surface area contributed by atoms with Crippen molar-refractivity contribution in [3.05, 3.63) is 56.7 Å². The van der Waals surface area contributed by atoms with Crippen LogP contribution in [-0.4, -0.2) is 37.0 Å². The number of rotatable bonds is 10. The van der Waals surface area contributed by atoms with Crippen LogP contribution in [0.1, 0.15) is 52.2 Å². The first-order valence-electron chi connectivity index (χ1n) is 10.3. The molecular formula is C23H28ClNO3S. The standard InChI is InChI=1S/C23H28ClNO3S/c1-28-23(27)21-13-12-20(29-21)11-5-15-25(22(26)18-8-3-9-18)14-4-7-17-6-2-10-19(24)16-17/h2,6,10,12-13,16,18H,3-5,7-9,11,14-15H2,1H3. The summed E-state index contributed by atoms with van der Waals surface area (Å²) in [4.78, 5) is 28.3. The van der Waals surface area contributed by atoms with Crippen LogP contribution in [0, 0.1) is 5.92 Å². The van der Waals surface area contributed by atoms with Crippen LogP contribution in [0.4, 0.5) is 0 Å². The van der Waals surface area contributed by atoms with Crippen molar-refractivity contribution in [3.8, 4) is 0 Å². The minimum absolute atomic E-state index is 0.217. The molecule has 1 aliphatic rings. The zero-order valence-electron chi connectivity index (χ0n) is 16.9. The van der Waals surface area contributed by atoms with Gasteiger partial charge in [0.05, 0.1) is 7.11 Å². The lowest BCUT2D eigenvalue weighted by Gasteiger charge is -2.32. The second-order valence-corrected chi connectivity index (χ2v) is 9.15. The maximum atomic E-state index is 12.8. The summed E-state index contributed by atoms with van der Waals surface area (Å²) in [6.45, 7) is 1.54. The van der Waals surface area contributed by atoms with E-state index in [4.69, 9.17) is 16.3 Å². The topological polar surface area (TPSA) is 46.6 Å². The Balaban J connectivity index is 1.50. The van der Waals surface area contributed by atoms with E-state index in [0.717, 1.165) is 67.9 Å². The van der Waals surface area contributed by atoms with Crippen LogP contribution in [0.15, 0.2) is 36.4 Å². The largest absolute Gasteiger partial charge is 0.465 e. The van der Waals surface area contributed by atoms with E-state index in [0.29, 0.717) is 10.8 Å². The fourth-order valence-corrected chi connectivity index (χ4v) is 4.76. The smallest absolute Gasteiger partial charge is 0.348 e. The Labute approximate surface area is 181 Å². The SMILES string of the molecule is COC(=O)c1ccc(CCCN(CCCc2cccc(Cl)c2)C(=O)C2CCC2)s1. The first-order chi connectivity index (χ1) is 14.1. The van der Waals surface area contributed by atoms with Gasteiger partial charge in [0.1, 0.15) is 4.88 Å². The molecule has 1 aliphatic carbocycles. The maximum Gasteiger partial charge on any atom is 0.348 e. The number of nitrogens with zero attached hydrogens (tertiary/aromatic N) is 1. The van der Waals surface area contributed by atoms with Gasteiger partial charge in [-0.2, -0.15) is 0 Å². The summed E-state index contributed by atoms with van der Waals surface area (Å²) in [5, 5.41) is 0.757. The number of ether oxygens (including phenoxy) is 1. The molecule has 3 rings (SSSR count). The summed E-state index contributed by atoms with van der Waals surface area (Å²) in [6, 6.07) is 11.7. The lowest BCUT2D eigenvalue weighted by atomic mass is 9.84. The number of hydrogen-bond donors (Lipinski definition) is 0. The number of halogens is 1. The average molecular weight is 434 g/mol. The number of esters is 1. The van der Waals surface area contributed by atoms with Crippen LogP contribution in [0.2, 0.25) is 5.02 Å². The minimum atomic E-state index is -0.288. The Morgan fingerprint density at radius 2 is 1.90 bits per heavy atom. The van der Waals surface area contributed by atoms with E-state index in [1.165, 1.54) is 24.0 Å². The molecule has 1 heterocycles. The van der Waals surface area contributed by atoms with Crippen LogP contribution in [0.5, 0.6) is 0 Å². The molecule has 0 N–H and O–H groups in total. The molecule has 0 bridgehead atoms. The Morgan fingerprint density at radius 1 is 1.14 bits per heavy atom. The van der Waals surface area contributed by atoms with E-state index in [1.54, 1.807) is 0 Å². The third-order valence-corrected chi connectivity index (χ3v) is 6.81. The van der Waals surface area contributed by atoms with Crippen LogP contribution in [0.3, 0.4) is 0 Å². The molecule has 2 aromatic rings. The second kappa shape index (κ2) is 10.8. The molecule has 4 nitrogen and oxygen atoms in total. The highest BCUT2D eigenvalue weighted by Crippen LogP contribution is 2.28. The highest BCUT2D eigenvalue weighted by Gasteiger charge is 2.29. The first-order valence-corrected chi connectivity index (χ1v) is 11.5. The van der Waals surface area contributed by atoms with Gasteiger partial charge in [0.2, 0.25) is 5.91 Å². The Morgan fingerprint density at radius 3 is 2.55 bits per heavy atom. The van der Waals surface area contributed by atoms with Gasteiger partial charge < -0.3 is 9.64 Å². The molecule has 0 saturated heterocycles. The van der Waals surface area contributed by atoms with Crippen molar-refractivity contribution < 1.29 is 14.3 Å². The summed E-state index contributed by atoms with van der Waals surface area (Å²) >= 11 is 7.54. The molecule has 0 atom stereocenters. The molecule has 1 amide bonds. The molecule has 1 aromatic heterocycles. The monoisotopic (exact) mass is 433 g/mol. The number of carbonyl (C=O) groups excluding carboxylic acids is 2. The lowest BCUT2D eigenvalue weighted by molar-refractivity contribution is -0.138. The third-order valence-electron chi connectivity index (χ3n) is 5.45. The number of methoxy groups -OCH3 is 1. The van der Waals surface area contributed by atoms with Gasteiger partial charge in [0, 0.05) is 28.9 Å². The van der Waals surface area contributed by atoms with Crippen LogP contribution >= 0.6 is 22.9 Å². The highest BCUT2D eigenvalue weighted by atomic mass is 35.5. The van der Waals surface area contributed by atoms with Crippen molar-refractivity contribution >= 4 is 34.8 Å². The summed E-state index contributed by atoms with van der Waals surface area (Å²) in [5.74, 6) is 0.238. The Kier molecular flexibility index (Phi) is 8.13. The van der Waals surface area contributed by atoms with Crippen molar-refractivity contribution in [2.45, 2.75) is 44.9 Å². The van der Waals surface area contributed by atoms with Gasteiger partial charge in [0.15, 0.2) is 0 Å². The Bertz CT molecular complexity index is 831. The summed E-state index contributed by atoms with van der Waals surface area (Å²) in [5.41, 5.74) is 1.21. The van der Waals surface area contributed by atoms with Crippen molar-refractivity contribution in [1.82, 2.24) is 4.90 Å². The fourth-order valence-electron chi connectivity index (χ4n) is 3.58. The predicted molar refractivity (Wildman–Crippen MR) is 118 cm³/mol. The number of thiophene rings is 1. The van der Waals surface area contributed by atoms with Crippen molar-refractivity contribution in [2.75, 3.05) is 20.2 Å². The van der Waals surface area contributed by atoms with Crippen LogP contribution < -0.4 is 0 Å². The van der Waals surface area contributed by atoms with Crippen LogP contribution in [0.25, 0.3) is 0 Å². The number of carbonyl (C=O) groups is 2. The van der Waals surface area contributed by atoms with Gasteiger partial charge in [-0.3, -0.25) is 4.79 Å². The predicted octanol–water partition coefficient (Wildman–Crippen LogP) is 5.38. The number of aryl methyl sites for hydroxylation is 2. The summed E-state index contributed by atoms with van der Waals surface area (Å²) in [6.07, 6.45) is 6.83. The second-order valence-electron chi connectivity index (χ2n) is 7.55. The van der Waals surface area contributed by atoms with Gasteiger partial charge >= 0.3 is 5.97 Å². The molecule has 0 aliphatic heterocycles. The fraction of sp³-hybridized carbons (Fsp3) is 0.478. The number of amides is 1. The maximum absolute atomic E-state index is 12.8. The zero-order valence-corrected chi connectivity index (χ0v) is 18.4. The van der Waals surface area contributed by atoms with Gasteiger partial charge in [-0.25, -0.2) is 4.79 Å². The number of hydrogen-bond acceptors (Lipinski definition) is 4. The molecule has 0 unspecified atom stereocenters. The van der Waals surface area contributed by atoms with Crippen molar-refractivity contribution in [3.63, 3.8) is 0 Å². The normalized spacial score (nSPS) is 13.7. The van der Waals surface area contributed by atoms with Crippen molar-refractivity contribution in [1.29, 1.82) is 0 Å². The zero-order chi connectivity index (χ0) is 20.6. The molecule has 0 spiro atoms. The van der Waals surface area contributed by atoms with Crippen LogP contribution in [-0.2, 0) is 22.4 Å². The minimum Gasteiger partial charge on any atom is -0.465 e. The summed E-state index contributed by atoms with van der Waals surface area (Å²) < 4.78 is 4.77. The highest BCUT2D eigenvalue weighted by molar-refractivity contribution is 7.13. The van der Waals surface area contributed by atoms with Crippen molar-refractivity contribution in [2.24, 2.45) is 5.92 Å².